The Bertz CT molecular complexity index is 1510. The highest BCUT2D eigenvalue weighted by molar-refractivity contribution is 6.08. The van der Waals surface area contributed by atoms with E-state index in [1.165, 1.54) is 6.92 Å². The second-order valence-corrected chi connectivity index (χ2v) is 7.83. The minimum Gasteiger partial charge on any atom is -0.437 e. The van der Waals surface area contributed by atoms with Crippen molar-refractivity contribution in [2.45, 2.75) is 58.1 Å². The fourth-order valence-electron chi connectivity index (χ4n) is 4.21. The van der Waals surface area contributed by atoms with E-state index in [4.69, 9.17) is 14.0 Å². The monoisotopic (exact) mass is 392 g/mol. The number of aryl methyl sites for hydroxylation is 2. The first-order valence-electron chi connectivity index (χ1n) is 13.5. The van der Waals surface area contributed by atoms with Crippen LogP contribution >= 0.6 is 0 Å². The normalized spacial score (nSPS) is 27.3. The zero-order valence-corrected chi connectivity index (χ0v) is 17.0. The standard InChI is InChI=1S/C26H29N2O/c1-16(2)19-10-14-23(28(4)15-19)24-17(3)9-11-20-21-12-13-22(18-7-5-6-8-18)27-26(21)29-25(20)24/h9-16,18H,5-8H2,1-4H3/q+1/i1D3,7D2,16D,18D. The number of hydrogen-bond donors (Lipinski definition) is 0. The molecule has 3 aromatic heterocycles. The third-order valence-corrected chi connectivity index (χ3v) is 5.79. The third kappa shape index (κ3) is 3.04. The van der Waals surface area contributed by atoms with Gasteiger partial charge < -0.3 is 4.42 Å². The van der Waals surface area contributed by atoms with Gasteiger partial charge in [-0.2, -0.15) is 0 Å². The third-order valence-electron chi connectivity index (χ3n) is 5.79. The average Bonchev–Trinajstić information content (AvgIpc) is 3.29. The van der Waals surface area contributed by atoms with Crippen LogP contribution in [0.15, 0.2) is 47.0 Å². The quantitative estimate of drug-likeness (QED) is 0.369. The van der Waals surface area contributed by atoms with Gasteiger partial charge in [0, 0.05) is 43.6 Å². The van der Waals surface area contributed by atoms with Crippen molar-refractivity contribution in [1.82, 2.24) is 4.98 Å². The summed E-state index contributed by atoms with van der Waals surface area (Å²) in [4.78, 5) is 4.63. The van der Waals surface area contributed by atoms with E-state index in [1.54, 1.807) is 18.3 Å². The molecule has 5 rings (SSSR count). The Balaban J connectivity index is 1.68. The SMILES string of the molecule is [2H]C([2H])([2H])C([2H])(C)c1ccc(-c2c(C)ccc3c2oc2nc(C4([2H])CCCC4([2H])[2H])ccc23)[n+](C)c1. The van der Waals surface area contributed by atoms with Gasteiger partial charge in [-0.05, 0) is 49.4 Å². The van der Waals surface area contributed by atoms with E-state index in [0.29, 0.717) is 41.8 Å². The second-order valence-electron chi connectivity index (χ2n) is 7.83. The number of aromatic nitrogens is 2. The molecule has 1 aromatic carbocycles. The molecule has 4 aromatic rings. The summed E-state index contributed by atoms with van der Waals surface area (Å²) in [5, 5.41) is 1.65. The predicted octanol–water partition coefficient (Wildman–Crippen LogP) is 6.56. The summed E-state index contributed by atoms with van der Waals surface area (Å²) in [7, 11) is 1.82. The van der Waals surface area contributed by atoms with Gasteiger partial charge in [-0.3, -0.25) is 0 Å². The first kappa shape index (κ1) is 12.1. The molecule has 0 aliphatic heterocycles. The van der Waals surface area contributed by atoms with Crippen molar-refractivity contribution in [3.8, 4) is 11.3 Å². The fourth-order valence-corrected chi connectivity index (χ4v) is 4.21. The molecule has 1 saturated carbocycles. The lowest BCUT2D eigenvalue weighted by molar-refractivity contribution is -0.660. The van der Waals surface area contributed by atoms with E-state index in [1.807, 2.05) is 42.8 Å². The molecular formula is C26H29N2O+. The Morgan fingerprint density at radius 2 is 2.10 bits per heavy atom. The molecule has 2 unspecified atom stereocenters. The molecule has 0 N–H and O–H groups in total. The number of nitrogens with zero attached hydrogens (tertiary/aromatic N) is 2. The van der Waals surface area contributed by atoms with Crippen LogP contribution in [0, 0.1) is 6.92 Å². The summed E-state index contributed by atoms with van der Waals surface area (Å²) in [5.74, 6) is -3.16. The zero-order valence-electron chi connectivity index (χ0n) is 24.0. The van der Waals surface area contributed by atoms with Crippen LogP contribution < -0.4 is 4.57 Å². The molecule has 0 saturated heterocycles. The van der Waals surface area contributed by atoms with Gasteiger partial charge in [-0.1, -0.05) is 38.8 Å². The summed E-state index contributed by atoms with van der Waals surface area (Å²) in [6.45, 7) is 0.900. The lowest BCUT2D eigenvalue weighted by Crippen LogP contribution is -2.31. The molecule has 1 aliphatic carbocycles. The average molecular weight is 393 g/mol. The van der Waals surface area contributed by atoms with Crippen molar-refractivity contribution in [3.63, 3.8) is 0 Å². The van der Waals surface area contributed by atoms with Crippen molar-refractivity contribution in [2.75, 3.05) is 0 Å². The molecule has 0 bridgehead atoms. The van der Waals surface area contributed by atoms with E-state index in [9.17, 15) is 0 Å². The minimum atomic E-state index is -2.47. The van der Waals surface area contributed by atoms with Crippen LogP contribution in [0.2, 0.25) is 0 Å². The summed E-state index contributed by atoms with van der Waals surface area (Å²) < 4.78 is 65.3. The van der Waals surface area contributed by atoms with Gasteiger partial charge in [0.05, 0.1) is 5.56 Å². The van der Waals surface area contributed by atoms with Crippen LogP contribution in [0.4, 0.5) is 0 Å². The Labute approximate surface area is 182 Å². The highest BCUT2D eigenvalue weighted by Gasteiger charge is 2.23. The Hall–Kier alpha value is -2.68. The first-order valence-corrected chi connectivity index (χ1v) is 10.0. The van der Waals surface area contributed by atoms with E-state index in [0.717, 1.165) is 27.6 Å². The summed E-state index contributed by atoms with van der Waals surface area (Å²) >= 11 is 0. The van der Waals surface area contributed by atoms with Gasteiger partial charge >= 0.3 is 0 Å². The van der Waals surface area contributed by atoms with Crippen LogP contribution in [0.3, 0.4) is 0 Å². The maximum atomic E-state index is 8.85. The molecule has 148 valence electrons. The van der Waals surface area contributed by atoms with Gasteiger partial charge in [0.2, 0.25) is 11.4 Å². The molecule has 3 nitrogen and oxygen atoms in total. The fraction of sp³-hybridized carbons (Fsp3) is 0.385. The smallest absolute Gasteiger partial charge is 0.227 e. The molecule has 29 heavy (non-hydrogen) atoms. The molecule has 3 heterocycles. The van der Waals surface area contributed by atoms with Crippen molar-refractivity contribution in [2.24, 2.45) is 7.05 Å². The van der Waals surface area contributed by atoms with Crippen molar-refractivity contribution in [3.05, 3.63) is 59.4 Å². The predicted molar refractivity (Wildman–Crippen MR) is 118 cm³/mol. The zero-order chi connectivity index (χ0) is 26.3. The minimum absolute atomic E-state index is 0.339. The van der Waals surface area contributed by atoms with Crippen molar-refractivity contribution < 1.29 is 18.6 Å². The molecule has 1 fully saturated rings. The van der Waals surface area contributed by atoms with E-state index < -0.39 is 25.0 Å². The molecule has 3 heteroatoms. The number of benzene rings is 1. The Morgan fingerprint density at radius 1 is 1.24 bits per heavy atom. The lowest BCUT2D eigenvalue weighted by Gasteiger charge is -2.08. The molecule has 0 amide bonds. The number of fused-ring (bicyclic) bond motifs is 3. The van der Waals surface area contributed by atoms with E-state index >= 15 is 0 Å². The largest absolute Gasteiger partial charge is 0.437 e. The van der Waals surface area contributed by atoms with Crippen LogP contribution in [0.25, 0.3) is 33.3 Å². The number of hydrogen-bond acceptors (Lipinski definition) is 2. The molecular weight excluding hydrogens is 356 g/mol. The molecule has 1 aliphatic rings. The molecule has 2 atom stereocenters. The number of rotatable bonds is 3. The van der Waals surface area contributed by atoms with Gasteiger partial charge in [-0.15, -0.1) is 0 Å². The Kier molecular flexibility index (Phi) is 2.92. The second kappa shape index (κ2) is 6.98. The first-order chi connectivity index (χ1) is 16.7. The number of furan rings is 1. The van der Waals surface area contributed by atoms with Crippen LogP contribution in [0.5, 0.6) is 0 Å². The number of pyridine rings is 2. The van der Waals surface area contributed by atoms with E-state index in [2.05, 4.69) is 4.98 Å². The van der Waals surface area contributed by atoms with Crippen LogP contribution in [-0.4, -0.2) is 4.98 Å². The summed E-state index contributed by atoms with van der Waals surface area (Å²) in [6.07, 6.45) is 1.42. The molecule has 0 spiro atoms. The van der Waals surface area contributed by atoms with Gasteiger partial charge in [-0.25, -0.2) is 9.55 Å². The summed E-state index contributed by atoms with van der Waals surface area (Å²) in [6, 6.07) is 11.1. The van der Waals surface area contributed by atoms with Crippen LogP contribution in [-0.2, 0) is 7.05 Å². The van der Waals surface area contributed by atoms with Crippen molar-refractivity contribution >= 4 is 22.1 Å². The van der Waals surface area contributed by atoms with Gasteiger partial charge in [0.25, 0.3) is 0 Å². The summed E-state index contributed by atoms with van der Waals surface area (Å²) in [5.41, 5.74) is 4.34. The van der Waals surface area contributed by atoms with Crippen LogP contribution in [0.1, 0.15) is 77.6 Å². The van der Waals surface area contributed by atoms with Crippen molar-refractivity contribution in [1.29, 1.82) is 0 Å². The highest BCUT2D eigenvalue weighted by Crippen LogP contribution is 2.38. The highest BCUT2D eigenvalue weighted by atomic mass is 16.3. The maximum absolute atomic E-state index is 8.85. The lowest BCUT2D eigenvalue weighted by atomic mass is 9.98. The maximum Gasteiger partial charge on any atom is 0.227 e. The van der Waals surface area contributed by atoms with Gasteiger partial charge in [0.15, 0.2) is 11.8 Å². The molecule has 0 radical (unpaired) electrons. The Morgan fingerprint density at radius 3 is 2.86 bits per heavy atom. The van der Waals surface area contributed by atoms with E-state index in [-0.39, 0.29) is 0 Å². The topological polar surface area (TPSA) is 29.9 Å². The van der Waals surface area contributed by atoms with Gasteiger partial charge in [0.1, 0.15) is 7.05 Å².